The molecule has 0 aliphatic rings. The summed E-state index contributed by atoms with van der Waals surface area (Å²) in [7, 11) is 0. The number of ether oxygens (including phenoxy) is 1. The standard InChI is InChI=1S/C21H25N3O/c1-6-12-25-13-11-24(17(5)8-3)21-19-14-18(16(4)7-2)9-10-20(19)22-15-23-21/h6-10,14-15,17H,1-4,11-13H2,5H3. The first-order chi connectivity index (χ1) is 12.1. The average molecular weight is 335 g/mol. The molecule has 0 amide bonds. The third kappa shape index (κ3) is 4.43. The van der Waals surface area contributed by atoms with E-state index in [-0.39, 0.29) is 6.04 Å². The number of allylic oxidation sites excluding steroid dienone is 2. The minimum atomic E-state index is 0.108. The van der Waals surface area contributed by atoms with Crippen molar-refractivity contribution in [3.05, 3.63) is 74.6 Å². The molecule has 25 heavy (non-hydrogen) atoms. The Kier molecular flexibility index (Phi) is 6.66. The molecule has 4 heteroatoms. The maximum atomic E-state index is 5.56. The molecule has 1 aromatic carbocycles. The van der Waals surface area contributed by atoms with Gasteiger partial charge in [0.1, 0.15) is 12.1 Å². The van der Waals surface area contributed by atoms with Crippen molar-refractivity contribution in [2.45, 2.75) is 13.0 Å². The van der Waals surface area contributed by atoms with Gasteiger partial charge in [-0.2, -0.15) is 0 Å². The minimum absolute atomic E-state index is 0.108. The second-order valence-corrected chi connectivity index (χ2v) is 5.69. The van der Waals surface area contributed by atoms with Crippen LogP contribution in [0.25, 0.3) is 16.5 Å². The van der Waals surface area contributed by atoms with Crippen LogP contribution < -0.4 is 4.90 Å². The number of nitrogens with zero attached hydrogens (tertiary/aromatic N) is 3. The zero-order valence-electron chi connectivity index (χ0n) is 14.8. The normalized spacial score (nSPS) is 11.7. The van der Waals surface area contributed by atoms with Crippen molar-refractivity contribution in [1.29, 1.82) is 0 Å². The lowest BCUT2D eigenvalue weighted by molar-refractivity contribution is 0.168. The van der Waals surface area contributed by atoms with E-state index >= 15 is 0 Å². The van der Waals surface area contributed by atoms with Crippen molar-refractivity contribution in [2.24, 2.45) is 0 Å². The van der Waals surface area contributed by atoms with Crippen LogP contribution in [-0.2, 0) is 4.74 Å². The highest BCUT2D eigenvalue weighted by molar-refractivity contribution is 5.92. The van der Waals surface area contributed by atoms with E-state index in [9.17, 15) is 0 Å². The van der Waals surface area contributed by atoms with Crippen molar-refractivity contribution in [3.63, 3.8) is 0 Å². The molecular weight excluding hydrogens is 310 g/mol. The van der Waals surface area contributed by atoms with Gasteiger partial charge in [0.2, 0.25) is 0 Å². The second-order valence-electron chi connectivity index (χ2n) is 5.69. The van der Waals surface area contributed by atoms with E-state index in [0.29, 0.717) is 19.8 Å². The van der Waals surface area contributed by atoms with Gasteiger partial charge in [0.15, 0.2) is 0 Å². The SMILES string of the molecule is C=CCOCCN(c1ncnc2ccc(C(=C)C=C)cc12)C(C)C=C. The summed E-state index contributed by atoms with van der Waals surface area (Å²) in [6.07, 6.45) is 6.98. The first kappa shape index (κ1) is 18.6. The molecule has 0 aliphatic carbocycles. The monoisotopic (exact) mass is 335 g/mol. The zero-order chi connectivity index (χ0) is 18.2. The number of hydrogen-bond acceptors (Lipinski definition) is 4. The highest BCUT2D eigenvalue weighted by Gasteiger charge is 2.17. The van der Waals surface area contributed by atoms with Gasteiger partial charge in [-0.15, -0.1) is 13.2 Å². The van der Waals surface area contributed by atoms with E-state index in [4.69, 9.17) is 4.74 Å². The lowest BCUT2D eigenvalue weighted by Crippen LogP contribution is -2.35. The van der Waals surface area contributed by atoms with Gasteiger partial charge in [0.05, 0.1) is 18.7 Å². The molecule has 1 unspecified atom stereocenters. The fourth-order valence-corrected chi connectivity index (χ4v) is 2.55. The van der Waals surface area contributed by atoms with Crippen LogP contribution in [0.1, 0.15) is 12.5 Å². The van der Waals surface area contributed by atoms with Gasteiger partial charge < -0.3 is 9.64 Å². The summed E-state index contributed by atoms with van der Waals surface area (Å²) in [6, 6.07) is 6.14. The molecule has 2 aromatic rings. The quantitative estimate of drug-likeness (QED) is 0.366. The Morgan fingerprint density at radius 1 is 1.28 bits per heavy atom. The summed E-state index contributed by atoms with van der Waals surface area (Å²) in [5, 5.41) is 0.973. The van der Waals surface area contributed by atoms with Crippen molar-refractivity contribution >= 4 is 22.3 Å². The molecular formula is C21H25N3O. The molecule has 0 saturated heterocycles. The van der Waals surface area contributed by atoms with Crippen LogP contribution in [0.2, 0.25) is 0 Å². The van der Waals surface area contributed by atoms with Crippen LogP contribution in [0.15, 0.2) is 69.1 Å². The Balaban J connectivity index is 2.45. The van der Waals surface area contributed by atoms with Crippen molar-refractivity contribution < 1.29 is 4.74 Å². The molecule has 0 N–H and O–H groups in total. The Morgan fingerprint density at radius 3 is 2.76 bits per heavy atom. The first-order valence-electron chi connectivity index (χ1n) is 8.26. The van der Waals surface area contributed by atoms with Gasteiger partial charge in [-0.1, -0.05) is 37.5 Å². The van der Waals surface area contributed by atoms with E-state index in [0.717, 1.165) is 27.9 Å². The highest BCUT2D eigenvalue weighted by atomic mass is 16.5. The summed E-state index contributed by atoms with van der Waals surface area (Å²) < 4.78 is 5.56. The van der Waals surface area contributed by atoms with Crippen LogP contribution >= 0.6 is 0 Å². The third-order valence-electron chi connectivity index (χ3n) is 4.05. The van der Waals surface area contributed by atoms with Gasteiger partial charge >= 0.3 is 0 Å². The number of aromatic nitrogens is 2. The van der Waals surface area contributed by atoms with Crippen molar-refractivity contribution in [3.8, 4) is 0 Å². The Hall–Kier alpha value is -2.72. The number of benzene rings is 1. The van der Waals surface area contributed by atoms with Crippen LogP contribution in [0.5, 0.6) is 0 Å². The van der Waals surface area contributed by atoms with Crippen LogP contribution in [0, 0.1) is 0 Å². The maximum absolute atomic E-state index is 5.56. The minimum Gasteiger partial charge on any atom is -0.376 e. The summed E-state index contributed by atoms with van der Waals surface area (Å²) in [5.74, 6) is 0.860. The van der Waals surface area contributed by atoms with Crippen LogP contribution in [-0.4, -0.2) is 35.8 Å². The predicted octanol–water partition coefficient (Wildman–Crippen LogP) is 4.41. The Labute approximate surface area is 149 Å². The van der Waals surface area contributed by atoms with Gasteiger partial charge in [-0.05, 0) is 30.2 Å². The van der Waals surface area contributed by atoms with E-state index in [2.05, 4.69) is 54.2 Å². The topological polar surface area (TPSA) is 38.2 Å². The Bertz CT molecular complexity index is 782. The zero-order valence-corrected chi connectivity index (χ0v) is 14.8. The molecule has 0 bridgehead atoms. The summed E-state index contributed by atoms with van der Waals surface area (Å²) in [5.41, 5.74) is 2.76. The van der Waals surface area contributed by atoms with Gasteiger partial charge in [-0.25, -0.2) is 9.97 Å². The molecule has 130 valence electrons. The number of hydrogen-bond donors (Lipinski definition) is 0. The number of fused-ring (bicyclic) bond motifs is 1. The molecule has 0 spiro atoms. The van der Waals surface area contributed by atoms with E-state index < -0.39 is 0 Å². The first-order valence-corrected chi connectivity index (χ1v) is 8.26. The lowest BCUT2D eigenvalue weighted by atomic mass is 10.0. The molecule has 0 saturated carbocycles. The molecule has 4 nitrogen and oxygen atoms in total. The summed E-state index contributed by atoms with van der Waals surface area (Å²) in [4.78, 5) is 11.1. The maximum Gasteiger partial charge on any atom is 0.140 e. The number of rotatable bonds is 10. The van der Waals surface area contributed by atoms with E-state index in [1.54, 1.807) is 18.5 Å². The smallest absolute Gasteiger partial charge is 0.140 e. The molecule has 0 fully saturated rings. The van der Waals surface area contributed by atoms with Gasteiger partial charge in [-0.3, -0.25) is 0 Å². The van der Waals surface area contributed by atoms with Crippen LogP contribution in [0.3, 0.4) is 0 Å². The average Bonchev–Trinajstić information content (AvgIpc) is 2.66. The highest BCUT2D eigenvalue weighted by Crippen LogP contribution is 2.27. The molecule has 0 radical (unpaired) electrons. The molecule has 1 aromatic heterocycles. The molecule has 1 heterocycles. The number of anilines is 1. The van der Waals surface area contributed by atoms with E-state index in [1.165, 1.54) is 0 Å². The fourth-order valence-electron chi connectivity index (χ4n) is 2.55. The summed E-state index contributed by atoms with van der Waals surface area (Å²) >= 11 is 0. The summed E-state index contributed by atoms with van der Waals surface area (Å²) in [6.45, 7) is 19.3. The fraction of sp³-hybridized carbons (Fsp3) is 0.238. The van der Waals surface area contributed by atoms with Gasteiger partial charge in [0.25, 0.3) is 0 Å². The second kappa shape index (κ2) is 8.94. The Morgan fingerprint density at radius 2 is 2.08 bits per heavy atom. The van der Waals surface area contributed by atoms with E-state index in [1.807, 2.05) is 18.2 Å². The molecule has 2 rings (SSSR count). The predicted molar refractivity (Wildman–Crippen MR) is 107 cm³/mol. The van der Waals surface area contributed by atoms with Crippen molar-refractivity contribution in [2.75, 3.05) is 24.7 Å². The lowest BCUT2D eigenvalue weighted by Gasteiger charge is -2.29. The third-order valence-corrected chi connectivity index (χ3v) is 4.05. The largest absolute Gasteiger partial charge is 0.376 e. The van der Waals surface area contributed by atoms with Crippen molar-refractivity contribution in [1.82, 2.24) is 9.97 Å². The molecule has 0 aliphatic heterocycles. The molecule has 1 atom stereocenters. The van der Waals surface area contributed by atoms with Crippen LogP contribution in [0.4, 0.5) is 5.82 Å². The van der Waals surface area contributed by atoms with Gasteiger partial charge in [0, 0.05) is 18.0 Å².